The second kappa shape index (κ2) is 9.39. The van der Waals surface area contributed by atoms with Gasteiger partial charge in [-0.2, -0.15) is 0 Å². The molecule has 0 saturated heterocycles. The maximum atomic E-state index is 10.9. The van der Waals surface area contributed by atoms with Gasteiger partial charge in [0, 0.05) is 12.5 Å². The van der Waals surface area contributed by atoms with Crippen LogP contribution in [0.1, 0.15) is 43.6 Å². The van der Waals surface area contributed by atoms with Crippen LogP contribution in [-0.4, -0.2) is 43.9 Å². The molecule has 0 amide bonds. The van der Waals surface area contributed by atoms with Crippen LogP contribution in [0.4, 0.5) is 0 Å². The van der Waals surface area contributed by atoms with Gasteiger partial charge in [-0.25, -0.2) is 0 Å². The van der Waals surface area contributed by atoms with E-state index in [2.05, 4.69) is 31.1 Å². The first-order chi connectivity index (χ1) is 10.1. The SMILES string of the molecule is COc1ccc([C@H](CN(C)C)[C@@H](O)C2CCCCC2)cc1.Cl. The average molecular weight is 328 g/mol. The Kier molecular flexibility index (Phi) is 8.23. The number of hydrogen-bond donors (Lipinski definition) is 1. The Labute approximate surface area is 141 Å². The zero-order valence-corrected chi connectivity index (χ0v) is 14.8. The Hall–Kier alpha value is -0.770. The molecular weight excluding hydrogens is 298 g/mol. The number of aliphatic hydroxyl groups excluding tert-OH is 1. The molecule has 0 heterocycles. The Morgan fingerprint density at radius 3 is 2.23 bits per heavy atom. The summed E-state index contributed by atoms with van der Waals surface area (Å²) >= 11 is 0. The number of rotatable bonds is 6. The van der Waals surface area contributed by atoms with Crippen LogP contribution >= 0.6 is 12.4 Å². The molecule has 3 nitrogen and oxygen atoms in total. The van der Waals surface area contributed by atoms with Gasteiger partial charge in [0.25, 0.3) is 0 Å². The zero-order chi connectivity index (χ0) is 15.2. The first-order valence-corrected chi connectivity index (χ1v) is 8.08. The van der Waals surface area contributed by atoms with Gasteiger partial charge in [-0.1, -0.05) is 31.4 Å². The molecule has 0 bridgehead atoms. The fraction of sp³-hybridized carbons (Fsp3) is 0.667. The molecule has 2 atom stereocenters. The van der Waals surface area contributed by atoms with Crippen LogP contribution in [0.25, 0.3) is 0 Å². The van der Waals surface area contributed by atoms with E-state index in [9.17, 15) is 5.11 Å². The molecule has 1 N–H and O–H groups in total. The van der Waals surface area contributed by atoms with Gasteiger partial charge in [-0.15, -0.1) is 12.4 Å². The third kappa shape index (κ3) is 5.15. The summed E-state index contributed by atoms with van der Waals surface area (Å²) < 4.78 is 5.23. The first-order valence-electron chi connectivity index (χ1n) is 8.08. The van der Waals surface area contributed by atoms with Gasteiger partial charge in [0.2, 0.25) is 0 Å². The van der Waals surface area contributed by atoms with E-state index in [1.165, 1.54) is 37.7 Å². The fourth-order valence-electron chi connectivity index (χ4n) is 3.46. The van der Waals surface area contributed by atoms with Crippen LogP contribution in [0, 0.1) is 5.92 Å². The molecule has 0 spiro atoms. The summed E-state index contributed by atoms with van der Waals surface area (Å²) in [5.74, 6) is 1.49. The quantitative estimate of drug-likeness (QED) is 0.864. The van der Waals surface area contributed by atoms with Gasteiger partial charge in [0.15, 0.2) is 0 Å². The van der Waals surface area contributed by atoms with E-state index >= 15 is 0 Å². The molecule has 22 heavy (non-hydrogen) atoms. The lowest BCUT2D eigenvalue weighted by atomic mass is 9.78. The van der Waals surface area contributed by atoms with Crippen LogP contribution in [0.3, 0.4) is 0 Å². The van der Waals surface area contributed by atoms with Crippen molar-refractivity contribution >= 4 is 12.4 Å². The Morgan fingerprint density at radius 1 is 1.14 bits per heavy atom. The van der Waals surface area contributed by atoms with E-state index in [-0.39, 0.29) is 24.4 Å². The van der Waals surface area contributed by atoms with Gasteiger partial charge in [-0.3, -0.25) is 0 Å². The Morgan fingerprint density at radius 2 is 1.73 bits per heavy atom. The molecule has 0 unspecified atom stereocenters. The molecule has 2 rings (SSSR count). The summed E-state index contributed by atoms with van der Waals surface area (Å²) in [6.07, 6.45) is 5.94. The molecule has 1 aliphatic rings. The molecule has 0 radical (unpaired) electrons. The van der Waals surface area contributed by atoms with Crippen molar-refractivity contribution in [3.63, 3.8) is 0 Å². The maximum absolute atomic E-state index is 10.9. The largest absolute Gasteiger partial charge is 0.497 e. The van der Waals surface area contributed by atoms with Crippen LogP contribution in [0.2, 0.25) is 0 Å². The lowest BCUT2D eigenvalue weighted by molar-refractivity contribution is 0.0520. The molecular formula is C18H30ClNO2. The van der Waals surface area contributed by atoms with E-state index in [0.29, 0.717) is 5.92 Å². The van der Waals surface area contributed by atoms with Crippen molar-refractivity contribution in [2.45, 2.75) is 44.1 Å². The molecule has 1 aromatic carbocycles. The fourth-order valence-corrected chi connectivity index (χ4v) is 3.46. The van der Waals surface area contributed by atoms with Crippen molar-refractivity contribution in [3.8, 4) is 5.75 Å². The molecule has 126 valence electrons. The number of benzene rings is 1. The third-order valence-corrected chi connectivity index (χ3v) is 4.65. The second-order valence-electron chi connectivity index (χ2n) is 6.53. The van der Waals surface area contributed by atoms with Crippen LogP contribution in [-0.2, 0) is 0 Å². The van der Waals surface area contributed by atoms with Crippen molar-refractivity contribution < 1.29 is 9.84 Å². The monoisotopic (exact) mass is 327 g/mol. The highest BCUT2D eigenvalue weighted by atomic mass is 35.5. The minimum absolute atomic E-state index is 0. The van der Waals surface area contributed by atoms with Gasteiger partial charge in [0.1, 0.15) is 5.75 Å². The predicted octanol–water partition coefficient (Wildman–Crippen LogP) is 3.70. The van der Waals surface area contributed by atoms with Crippen molar-refractivity contribution in [3.05, 3.63) is 29.8 Å². The number of ether oxygens (including phenoxy) is 1. The van der Waals surface area contributed by atoms with Crippen molar-refractivity contribution in [1.82, 2.24) is 4.90 Å². The lowest BCUT2D eigenvalue weighted by Crippen LogP contribution is -2.35. The number of nitrogens with zero attached hydrogens (tertiary/aromatic N) is 1. The van der Waals surface area contributed by atoms with Crippen molar-refractivity contribution in [2.24, 2.45) is 5.92 Å². The first kappa shape index (κ1) is 19.3. The highest BCUT2D eigenvalue weighted by Gasteiger charge is 2.30. The smallest absolute Gasteiger partial charge is 0.118 e. The number of likely N-dealkylation sites (N-methyl/N-ethyl adjacent to an activating group) is 1. The van der Waals surface area contributed by atoms with E-state index in [1.54, 1.807) is 7.11 Å². The number of hydrogen-bond acceptors (Lipinski definition) is 3. The Balaban J connectivity index is 0.00000242. The molecule has 1 fully saturated rings. The minimum atomic E-state index is -0.249. The maximum Gasteiger partial charge on any atom is 0.118 e. The topological polar surface area (TPSA) is 32.7 Å². The van der Waals surface area contributed by atoms with Crippen molar-refractivity contribution in [2.75, 3.05) is 27.7 Å². The summed E-state index contributed by atoms with van der Waals surface area (Å²) in [4.78, 5) is 2.17. The zero-order valence-electron chi connectivity index (χ0n) is 14.0. The normalized spacial score (nSPS) is 18.6. The molecule has 0 aliphatic heterocycles. The van der Waals surface area contributed by atoms with E-state index in [1.807, 2.05) is 12.1 Å². The van der Waals surface area contributed by atoms with Gasteiger partial charge in [0.05, 0.1) is 13.2 Å². The summed E-state index contributed by atoms with van der Waals surface area (Å²) in [5, 5.41) is 10.9. The van der Waals surface area contributed by atoms with Crippen molar-refractivity contribution in [1.29, 1.82) is 0 Å². The summed E-state index contributed by atoms with van der Waals surface area (Å²) in [6, 6.07) is 8.18. The van der Waals surface area contributed by atoms with E-state index in [4.69, 9.17) is 4.74 Å². The molecule has 1 saturated carbocycles. The van der Waals surface area contributed by atoms with Gasteiger partial charge in [-0.05, 0) is 50.6 Å². The Bertz CT molecular complexity index is 416. The van der Waals surface area contributed by atoms with Gasteiger partial charge < -0.3 is 14.7 Å². The van der Waals surface area contributed by atoms with Gasteiger partial charge >= 0.3 is 0 Å². The second-order valence-corrected chi connectivity index (χ2v) is 6.53. The summed E-state index contributed by atoms with van der Waals surface area (Å²) in [5.41, 5.74) is 1.21. The molecule has 0 aromatic heterocycles. The van der Waals surface area contributed by atoms with E-state index in [0.717, 1.165) is 12.3 Å². The summed E-state index contributed by atoms with van der Waals surface area (Å²) in [6.45, 7) is 0.879. The molecule has 1 aromatic rings. The number of halogens is 1. The average Bonchev–Trinajstić information content (AvgIpc) is 2.53. The third-order valence-electron chi connectivity index (χ3n) is 4.65. The van der Waals surface area contributed by atoms with Crippen LogP contribution in [0.5, 0.6) is 5.75 Å². The minimum Gasteiger partial charge on any atom is -0.497 e. The summed E-state index contributed by atoms with van der Waals surface area (Å²) in [7, 11) is 5.83. The highest BCUT2D eigenvalue weighted by Crippen LogP contribution is 2.34. The van der Waals surface area contributed by atoms with Crippen LogP contribution < -0.4 is 4.74 Å². The highest BCUT2D eigenvalue weighted by molar-refractivity contribution is 5.85. The number of methoxy groups -OCH3 is 1. The lowest BCUT2D eigenvalue weighted by Gasteiger charge is -2.34. The van der Waals surface area contributed by atoms with E-state index < -0.39 is 0 Å². The predicted molar refractivity (Wildman–Crippen MR) is 94.1 cm³/mol. The van der Waals surface area contributed by atoms with Crippen LogP contribution in [0.15, 0.2) is 24.3 Å². The number of aliphatic hydroxyl groups is 1. The standard InChI is InChI=1S/C18H29NO2.ClH/c1-19(2)13-17(14-9-11-16(21-3)12-10-14)18(20)15-7-5-4-6-8-15;/h9-12,15,17-18,20H,4-8,13H2,1-3H3;1H/t17-,18-;/m0./s1. The molecule has 4 heteroatoms. The molecule has 1 aliphatic carbocycles.